The van der Waals surface area contributed by atoms with Gasteiger partial charge in [0.15, 0.2) is 0 Å². The van der Waals surface area contributed by atoms with Crippen LogP contribution in [0.25, 0.3) is 0 Å². The summed E-state index contributed by atoms with van der Waals surface area (Å²) in [5.74, 6) is -1.19. The highest BCUT2D eigenvalue weighted by Gasteiger charge is 2.42. The summed E-state index contributed by atoms with van der Waals surface area (Å²) in [4.78, 5) is 46.3. The standard InChI is InChI=1S/C12H13NO2.C6H9NO2/c1-8-9(2)12(15)13(11(8)14)10-6-4-3-5-7-10;1-3-4(2)6(9)7-5(3)8/h3-9H,1-2H3;3-4H,1-2H3,(H,7,8,9). The van der Waals surface area contributed by atoms with E-state index < -0.39 is 0 Å². The number of benzene rings is 1. The number of hydrogen-bond donors (Lipinski definition) is 1. The number of para-hydroxylation sites is 1. The fraction of sp³-hybridized carbons (Fsp3) is 0.444. The van der Waals surface area contributed by atoms with Gasteiger partial charge in [-0.3, -0.25) is 29.4 Å². The second-order valence-corrected chi connectivity index (χ2v) is 6.36. The van der Waals surface area contributed by atoms with Crippen LogP contribution >= 0.6 is 0 Å². The molecule has 128 valence electrons. The van der Waals surface area contributed by atoms with Crippen LogP contribution in [-0.4, -0.2) is 23.6 Å². The third-order valence-electron chi connectivity index (χ3n) is 4.81. The summed E-state index contributed by atoms with van der Waals surface area (Å²) in [6.07, 6.45) is 0. The highest BCUT2D eigenvalue weighted by Crippen LogP contribution is 2.29. The number of carbonyl (C=O) groups is 4. The van der Waals surface area contributed by atoms with Crippen molar-refractivity contribution in [2.45, 2.75) is 27.7 Å². The Morgan fingerprint density at radius 2 is 1.12 bits per heavy atom. The maximum Gasteiger partial charge on any atom is 0.237 e. The first kappa shape index (κ1) is 17.8. The minimum atomic E-state index is -0.210. The zero-order valence-electron chi connectivity index (χ0n) is 14.3. The summed E-state index contributed by atoms with van der Waals surface area (Å²) in [5, 5.41) is 2.24. The summed E-state index contributed by atoms with van der Waals surface area (Å²) >= 11 is 0. The molecule has 6 nitrogen and oxygen atoms in total. The lowest BCUT2D eigenvalue weighted by Crippen LogP contribution is -2.30. The zero-order valence-corrected chi connectivity index (χ0v) is 14.3. The Hall–Kier alpha value is -2.50. The number of rotatable bonds is 1. The smallest absolute Gasteiger partial charge is 0.237 e. The molecule has 0 saturated carbocycles. The predicted octanol–water partition coefficient (Wildman–Crippen LogP) is 1.75. The van der Waals surface area contributed by atoms with Gasteiger partial charge in [0.25, 0.3) is 0 Å². The van der Waals surface area contributed by atoms with E-state index in [0.717, 1.165) is 0 Å². The van der Waals surface area contributed by atoms with Gasteiger partial charge in [0.05, 0.1) is 5.69 Å². The molecule has 1 aromatic rings. The molecule has 0 radical (unpaired) electrons. The Labute approximate surface area is 141 Å². The second-order valence-electron chi connectivity index (χ2n) is 6.36. The van der Waals surface area contributed by atoms with Crippen LogP contribution in [0.15, 0.2) is 30.3 Å². The zero-order chi connectivity index (χ0) is 18.0. The molecule has 2 aliphatic heterocycles. The monoisotopic (exact) mass is 330 g/mol. The fourth-order valence-electron chi connectivity index (χ4n) is 2.58. The van der Waals surface area contributed by atoms with Crippen LogP contribution in [0.2, 0.25) is 0 Å². The first-order valence-corrected chi connectivity index (χ1v) is 8.03. The molecule has 4 atom stereocenters. The van der Waals surface area contributed by atoms with Crippen molar-refractivity contribution >= 4 is 29.3 Å². The van der Waals surface area contributed by atoms with Crippen molar-refractivity contribution in [1.29, 1.82) is 0 Å². The van der Waals surface area contributed by atoms with Gasteiger partial charge in [-0.2, -0.15) is 0 Å². The molecule has 0 aromatic heterocycles. The average molecular weight is 330 g/mol. The lowest BCUT2D eigenvalue weighted by atomic mass is 10.00. The number of carbonyl (C=O) groups excluding carboxylic acids is 4. The van der Waals surface area contributed by atoms with Gasteiger partial charge in [-0.25, -0.2) is 0 Å². The van der Waals surface area contributed by atoms with Gasteiger partial charge in [0.2, 0.25) is 23.6 Å². The molecule has 2 heterocycles. The summed E-state index contributed by atoms with van der Waals surface area (Å²) in [5.41, 5.74) is 0.670. The van der Waals surface area contributed by atoms with E-state index in [0.29, 0.717) is 5.69 Å². The highest BCUT2D eigenvalue weighted by molar-refractivity contribution is 6.21. The molecule has 3 rings (SSSR count). The molecule has 6 heteroatoms. The molecule has 0 aliphatic carbocycles. The van der Waals surface area contributed by atoms with Gasteiger partial charge in [0.1, 0.15) is 0 Å². The van der Waals surface area contributed by atoms with Crippen molar-refractivity contribution in [3.05, 3.63) is 30.3 Å². The number of imide groups is 2. The molecular formula is C18H22N2O4. The summed E-state index contributed by atoms with van der Waals surface area (Å²) in [7, 11) is 0. The first-order chi connectivity index (χ1) is 11.3. The number of amides is 4. The molecule has 2 saturated heterocycles. The van der Waals surface area contributed by atoms with Crippen LogP contribution in [0.1, 0.15) is 27.7 Å². The summed E-state index contributed by atoms with van der Waals surface area (Å²) in [6, 6.07) is 9.07. The van der Waals surface area contributed by atoms with Gasteiger partial charge >= 0.3 is 0 Å². The minimum Gasteiger partial charge on any atom is -0.296 e. The van der Waals surface area contributed by atoms with Crippen molar-refractivity contribution in [2.75, 3.05) is 4.90 Å². The lowest BCUT2D eigenvalue weighted by Gasteiger charge is -2.13. The van der Waals surface area contributed by atoms with E-state index in [2.05, 4.69) is 5.32 Å². The molecule has 4 amide bonds. The van der Waals surface area contributed by atoms with Crippen molar-refractivity contribution < 1.29 is 19.2 Å². The third-order valence-corrected chi connectivity index (χ3v) is 4.81. The highest BCUT2D eigenvalue weighted by atomic mass is 16.2. The molecule has 24 heavy (non-hydrogen) atoms. The molecule has 0 spiro atoms. The Balaban J connectivity index is 0.000000198. The Kier molecular flexibility index (Phi) is 5.17. The van der Waals surface area contributed by atoms with E-state index in [9.17, 15) is 19.2 Å². The SMILES string of the molecule is CC1C(=O)N(c2ccccc2)C(=O)C1C.CC1C(=O)NC(=O)C1C. The number of nitrogens with zero attached hydrogens (tertiary/aromatic N) is 1. The van der Waals surface area contributed by atoms with Crippen LogP contribution in [0, 0.1) is 23.7 Å². The largest absolute Gasteiger partial charge is 0.296 e. The summed E-state index contributed by atoms with van der Waals surface area (Å²) < 4.78 is 0. The van der Waals surface area contributed by atoms with E-state index in [1.807, 2.05) is 18.2 Å². The molecule has 4 unspecified atom stereocenters. The van der Waals surface area contributed by atoms with Gasteiger partial charge in [-0.1, -0.05) is 45.9 Å². The fourth-order valence-corrected chi connectivity index (χ4v) is 2.58. The molecule has 1 aromatic carbocycles. The van der Waals surface area contributed by atoms with Crippen LogP contribution in [-0.2, 0) is 19.2 Å². The normalized spacial score (nSPS) is 29.4. The van der Waals surface area contributed by atoms with E-state index >= 15 is 0 Å². The van der Waals surface area contributed by atoms with Gasteiger partial charge in [-0.15, -0.1) is 0 Å². The van der Waals surface area contributed by atoms with Crippen LogP contribution in [0.4, 0.5) is 5.69 Å². The quantitative estimate of drug-likeness (QED) is 0.795. The Morgan fingerprint density at radius 3 is 1.46 bits per heavy atom. The maximum atomic E-state index is 11.8. The Morgan fingerprint density at radius 1 is 0.708 bits per heavy atom. The van der Waals surface area contributed by atoms with Crippen molar-refractivity contribution in [3.63, 3.8) is 0 Å². The van der Waals surface area contributed by atoms with Gasteiger partial charge in [0, 0.05) is 23.7 Å². The topological polar surface area (TPSA) is 83.6 Å². The minimum absolute atomic E-state index is 0.0984. The molecule has 2 fully saturated rings. The molecule has 2 aliphatic rings. The number of nitrogens with one attached hydrogen (secondary N) is 1. The van der Waals surface area contributed by atoms with Crippen molar-refractivity contribution in [2.24, 2.45) is 23.7 Å². The maximum absolute atomic E-state index is 11.8. The second kappa shape index (κ2) is 6.95. The van der Waals surface area contributed by atoms with Crippen LogP contribution in [0.3, 0.4) is 0 Å². The lowest BCUT2D eigenvalue weighted by molar-refractivity contribution is -0.126. The van der Waals surface area contributed by atoms with Gasteiger partial charge < -0.3 is 0 Å². The van der Waals surface area contributed by atoms with Crippen molar-refractivity contribution in [3.8, 4) is 0 Å². The molecular weight excluding hydrogens is 308 g/mol. The van der Waals surface area contributed by atoms with Crippen LogP contribution < -0.4 is 10.2 Å². The van der Waals surface area contributed by atoms with Crippen molar-refractivity contribution in [1.82, 2.24) is 5.32 Å². The van der Waals surface area contributed by atoms with Crippen LogP contribution in [0.5, 0.6) is 0 Å². The molecule has 1 N–H and O–H groups in total. The predicted molar refractivity (Wildman–Crippen MR) is 88.7 cm³/mol. The first-order valence-electron chi connectivity index (χ1n) is 8.03. The van der Waals surface area contributed by atoms with E-state index in [-0.39, 0.29) is 47.3 Å². The van der Waals surface area contributed by atoms with E-state index in [1.54, 1.807) is 39.8 Å². The Bertz CT molecular complexity index is 633. The van der Waals surface area contributed by atoms with E-state index in [1.165, 1.54) is 4.90 Å². The number of anilines is 1. The average Bonchev–Trinajstić information content (AvgIpc) is 2.91. The molecule has 0 bridgehead atoms. The number of hydrogen-bond acceptors (Lipinski definition) is 4. The third kappa shape index (κ3) is 3.22. The van der Waals surface area contributed by atoms with E-state index in [4.69, 9.17) is 0 Å². The van der Waals surface area contributed by atoms with Gasteiger partial charge in [-0.05, 0) is 12.1 Å². The summed E-state index contributed by atoms with van der Waals surface area (Å²) in [6.45, 7) is 7.11.